The van der Waals surface area contributed by atoms with E-state index in [0.717, 1.165) is 34.3 Å². The Morgan fingerprint density at radius 3 is 2.79 bits per heavy atom. The second-order valence-electron chi connectivity index (χ2n) is 4.89. The predicted molar refractivity (Wildman–Crippen MR) is 84.2 cm³/mol. The van der Waals surface area contributed by atoms with Crippen LogP contribution in [0, 0.1) is 0 Å². The maximum absolute atomic E-state index is 5.87. The van der Waals surface area contributed by atoms with Crippen molar-refractivity contribution in [2.45, 2.75) is 44.8 Å². The summed E-state index contributed by atoms with van der Waals surface area (Å²) in [5.41, 5.74) is 1.03. The topological polar surface area (TPSA) is 34.2 Å². The maximum Gasteiger partial charge on any atom is 0.0684 e. The molecule has 0 aromatic carbocycles. The van der Waals surface area contributed by atoms with Gasteiger partial charge in [0.15, 0.2) is 0 Å². The van der Waals surface area contributed by atoms with Gasteiger partial charge in [0.05, 0.1) is 18.4 Å². The first-order valence-electron chi connectivity index (χ1n) is 6.88. The highest BCUT2D eigenvalue weighted by molar-refractivity contribution is 9.11. The number of pyridine rings is 1. The Bertz CT molecular complexity index is 395. The lowest BCUT2D eigenvalue weighted by molar-refractivity contribution is 0.0302. The zero-order chi connectivity index (χ0) is 13.5. The van der Waals surface area contributed by atoms with Crippen LogP contribution in [0.4, 0.5) is 0 Å². The maximum atomic E-state index is 5.87. The van der Waals surface area contributed by atoms with Gasteiger partial charge in [-0.1, -0.05) is 19.3 Å². The molecule has 1 aromatic rings. The molecule has 0 radical (unpaired) electrons. The van der Waals surface area contributed by atoms with Gasteiger partial charge in [0.25, 0.3) is 0 Å². The predicted octanol–water partition coefficient (Wildman–Crippen LogP) is 4.05. The van der Waals surface area contributed by atoms with Crippen LogP contribution in [0.2, 0.25) is 0 Å². The van der Waals surface area contributed by atoms with Crippen molar-refractivity contribution in [2.24, 2.45) is 0 Å². The molecule has 2 rings (SSSR count). The summed E-state index contributed by atoms with van der Waals surface area (Å²) in [6.45, 7) is 2.43. The second-order valence-corrected chi connectivity index (χ2v) is 6.66. The molecule has 0 unspecified atom stereocenters. The number of ether oxygens (including phenoxy) is 1. The van der Waals surface area contributed by atoms with Crippen molar-refractivity contribution in [1.29, 1.82) is 0 Å². The van der Waals surface area contributed by atoms with Gasteiger partial charge in [0, 0.05) is 28.2 Å². The molecule has 0 amide bonds. The molecule has 1 N–H and O–H groups in total. The fraction of sp³-hybridized carbons (Fsp3) is 0.643. The lowest BCUT2D eigenvalue weighted by atomic mass is 9.98. The Morgan fingerprint density at radius 1 is 1.26 bits per heavy atom. The van der Waals surface area contributed by atoms with E-state index in [9.17, 15) is 0 Å². The van der Waals surface area contributed by atoms with Gasteiger partial charge in [-0.25, -0.2) is 0 Å². The van der Waals surface area contributed by atoms with Crippen LogP contribution in [0.1, 0.15) is 37.8 Å². The third-order valence-corrected chi connectivity index (χ3v) is 4.48. The van der Waals surface area contributed by atoms with E-state index in [1.807, 2.05) is 12.3 Å². The summed E-state index contributed by atoms with van der Waals surface area (Å²) in [5.74, 6) is 0. The van der Waals surface area contributed by atoms with Gasteiger partial charge in [-0.3, -0.25) is 4.98 Å². The molecule has 0 bridgehead atoms. The Hall–Kier alpha value is 0.0300. The van der Waals surface area contributed by atoms with E-state index >= 15 is 0 Å². The summed E-state index contributed by atoms with van der Waals surface area (Å²) in [4.78, 5) is 4.37. The van der Waals surface area contributed by atoms with Crippen molar-refractivity contribution >= 4 is 31.9 Å². The Labute approximate surface area is 131 Å². The van der Waals surface area contributed by atoms with Gasteiger partial charge in [-0.15, -0.1) is 0 Å². The van der Waals surface area contributed by atoms with Crippen LogP contribution in [0.15, 0.2) is 21.2 Å². The number of rotatable bonds is 6. The molecule has 0 atom stereocenters. The second kappa shape index (κ2) is 8.35. The number of hydrogen-bond donors (Lipinski definition) is 1. The normalized spacial score (nSPS) is 16.7. The Balaban J connectivity index is 1.61. The van der Waals surface area contributed by atoms with E-state index in [0.29, 0.717) is 6.10 Å². The minimum atomic E-state index is 0.494. The summed E-state index contributed by atoms with van der Waals surface area (Å²) in [6.07, 6.45) is 8.82. The van der Waals surface area contributed by atoms with Crippen LogP contribution in [0.3, 0.4) is 0 Å². The van der Waals surface area contributed by atoms with Crippen LogP contribution in [0.5, 0.6) is 0 Å². The molecule has 19 heavy (non-hydrogen) atoms. The van der Waals surface area contributed by atoms with Crippen LogP contribution in [-0.2, 0) is 11.3 Å². The standard InChI is InChI=1S/C14H20Br2N2O/c15-11-8-13(16)14(18-9-11)10-17-6-7-19-12-4-2-1-3-5-12/h8-9,12,17H,1-7,10H2. The van der Waals surface area contributed by atoms with E-state index in [-0.39, 0.29) is 0 Å². The lowest BCUT2D eigenvalue weighted by Crippen LogP contribution is -2.24. The molecule has 1 saturated carbocycles. The number of hydrogen-bond acceptors (Lipinski definition) is 3. The number of halogens is 2. The fourth-order valence-electron chi connectivity index (χ4n) is 2.31. The highest BCUT2D eigenvalue weighted by Gasteiger charge is 2.12. The molecule has 5 heteroatoms. The first-order valence-corrected chi connectivity index (χ1v) is 8.46. The summed E-state index contributed by atoms with van der Waals surface area (Å²) in [7, 11) is 0. The molecular weight excluding hydrogens is 372 g/mol. The minimum absolute atomic E-state index is 0.494. The average Bonchev–Trinajstić information content (AvgIpc) is 2.42. The summed E-state index contributed by atoms with van der Waals surface area (Å²) in [6, 6.07) is 2.02. The van der Waals surface area contributed by atoms with Crippen LogP contribution < -0.4 is 5.32 Å². The smallest absolute Gasteiger partial charge is 0.0684 e. The van der Waals surface area contributed by atoms with Gasteiger partial charge in [-0.05, 0) is 50.8 Å². The van der Waals surface area contributed by atoms with Crippen molar-refractivity contribution in [1.82, 2.24) is 10.3 Å². The van der Waals surface area contributed by atoms with Crippen molar-refractivity contribution < 1.29 is 4.74 Å². The fourth-order valence-corrected chi connectivity index (χ4v) is 3.44. The molecule has 0 spiro atoms. The monoisotopic (exact) mass is 390 g/mol. The number of aromatic nitrogens is 1. The Morgan fingerprint density at radius 2 is 2.05 bits per heavy atom. The number of nitrogens with one attached hydrogen (secondary N) is 1. The van der Waals surface area contributed by atoms with Crippen molar-refractivity contribution in [2.75, 3.05) is 13.2 Å². The SMILES string of the molecule is Brc1cnc(CNCCOC2CCCCC2)c(Br)c1. The van der Waals surface area contributed by atoms with Gasteiger partial charge in [0.2, 0.25) is 0 Å². The molecule has 1 fully saturated rings. The molecule has 1 aromatic heterocycles. The number of nitrogens with zero attached hydrogens (tertiary/aromatic N) is 1. The van der Waals surface area contributed by atoms with Gasteiger partial charge in [0.1, 0.15) is 0 Å². The summed E-state index contributed by atoms with van der Waals surface area (Å²) >= 11 is 6.92. The van der Waals surface area contributed by atoms with E-state index in [1.165, 1.54) is 32.1 Å². The van der Waals surface area contributed by atoms with Crippen molar-refractivity contribution in [3.63, 3.8) is 0 Å². The quantitative estimate of drug-likeness (QED) is 0.743. The first-order chi connectivity index (χ1) is 9.25. The molecule has 0 saturated heterocycles. The van der Waals surface area contributed by atoms with Crippen LogP contribution in [-0.4, -0.2) is 24.2 Å². The molecular formula is C14H20Br2N2O. The van der Waals surface area contributed by atoms with E-state index in [2.05, 4.69) is 42.2 Å². The molecule has 0 aliphatic heterocycles. The highest BCUT2D eigenvalue weighted by Crippen LogP contribution is 2.20. The first kappa shape index (κ1) is 15.4. The zero-order valence-electron chi connectivity index (χ0n) is 11.0. The highest BCUT2D eigenvalue weighted by atomic mass is 79.9. The molecule has 1 heterocycles. The third-order valence-electron chi connectivity index (χ3n) is 3.36. The molecule has 1 aliphatic rings. The molecule has 106 valence electrons. The largest absolute Gasteiger partial charge is 0.377 e. The minimum Gasteiger partial charge on any atom is -0.377 e. The van der Waals surface area contributed by atoms with E-state index < -0.39 is 0 Å². The lowest BCUT2D eigenvalue weighted by Gasteiger charge is -2.22. The van der Waals surface area contributed by atoms with Gasteiger partial charge in [-0.2, -0.15) is 0 Å². The zero-order valence-corrected chi connectivity index (χ0v) is 14.2. The summed E-state index contributed by atoms with van der Waals surface area (Å²) < 4.78 is 7.89. The van der Waals surface area contributed by atoms with E-state index in [1.54, 1.807) is 0 Å². The molecule has 1 aliphatic carbocycles. The van der Waals surface area contributed by atoms with Crippen molar-refractivity contribution in [3.8, 4) is 0 Å². The third kappa shape index (κ3) is 5.50. The Kier molecular flexibility index (Phi) is 6.77. The van der Waals surface area contributed by atoms with Crippen LogP contribution >= 0.6 is 31.9 Å². The average molecular weight is 392 g/mol. The van der Waals surface area contributed by atoms with Gasteiger partial charge < -0.3 is 10.1 Å². The van der Waals surface area contributed by atoms with Gasteiger partial charge >= 0.3 is 0 Å². The summed E-state index contributed by atoms with van der Waals surface area (Å²) in [5, 5.41) is 3.37. The van der Waals surface area contributed by atoms with E-state index in [4.69, 9.17) is 4.74 Å². The van der Waals surface area contributed by atoms with Crippen LogP contribution in [0.25, 0.3) is 0 Å². The molecule has 3 nitrogen and oxygen atoms in total. The van der Waals surface area contributed by atoms with Crippen molar-refractivity contribution in [3.05, 3.63) is 26.9 Å².